The van der Waals surface area contributed by atoms with Gasteiger partial charge in [0.15, 0.2) is 10.9 Å². The molecular formula is C20H22N4O3S. The molecule has 2 atom stereocenters. The van der Waals surface area contributed by atoms with E-state index in [1.54, 1.807) is 6.26 Å². The number of carbonyl (C=O) groups is 1. The first-order valence-electron chi connectivity index (χ1n) is 9.33. The van der Waals surface area contributed by atoms with E-state index in [1.165, 1.54) is 11.8 Å². The van der Waals surface area contributed by atoms with Gasteiger partial charge >= 0.3 is 0 Å². The van der Waals surface area contributed by atoms with Gasteiger partial charge in [-0.15, -0.1) is 10.2 Å². The van der Waals surface area contributed by atoms with Crippen LogP contribution in [0.2, 0.25) is 0 Å². The number of aromatic nitrogens is 3. The van der Waals surface area contributed by atoms with Crippen LogP contribution in [0, 0.1) is 0 Å². The van der Waals surface area contributed by atoms with Crippen molar-refractivity contribution in [3.63, 3.8) is 0 Å². The standard InChI is InChI=1S/C20H22N4O3S/c1-14(19(25)21-13-16-9-5-11-26-16)28-20-23-22-18(17-10-6-12-27-17)24(20)15-7-3-2-4-8-15/h2-4,6-8,10,12,14,16H,5,9,11,13H2,1H3,(H,21,25)/t14-,16-/m0/s1. The van der Waals surface area contributed by atoms with Gasteiger partial charge in [-0.1, -0.05) is 30.0 Å². The van der Waals surface area contributed by atoms with Gasteiger partial charge in [-0.05, 0) is 44.0 Å². The number of para-hydroxylation sites is 1. The minimum atomic E-state index is -0.322. The zero-order valence-corrected chi connectivity index (χ0v) is 16.4. The number of thioether (sulfide) groups is 1. The van der Waals surface area contributed by atoms with Gasteiger partial charge in [-0.25, -0.2) is 0 Å². The number of nitrogens with zero attached hydrogens (tertiary/aromatic N) is 3. The van der Waals surface area contributed by atoms with Crippen LogP contribution in [0.5, 0.6) is 0 Å². The van der Waals surface area contributed by atoms with Crippen LogP contribution in [0.4, 0.5) is 0 Å². The molecule has 1 aromatic carbocycles. The Kier molecular flexibility index (Phi) is 5.78. The van der Waals surface area contributed by atoms with Crippen LogP contribution < -0.4 is 5.32 Å². The molecule has 1 amide bonds. The summed E-state index contributed by atoms with van der Waals surface area (Å²) in [5.74, 6) is 1.19. The summed E-state index contributed by atoms with van der Waals surface area (Å²) in [6, 6.07) is 13.5. The molecule has 1 aliphatic rings. The summed E-state index contributed by atoms with van der Waals surface area (Å²) < 4.78 is 13.0. The van der Waals surface area contributed by atoms with Gasteiger partial charge in [0.2, 0.25) is 11.7 Å². The molecule has 28 heavy (non-hydrogen) atoms. The van der Waals surface area contributed by atoms with Crippen molar-refractivity contribution in [2.45, 2.75) is 36.3 Å². The smallest absolute Gasteiger partial charge is 0.233 e. The molecule has 4 rings (SSSR count). The molecule has 0 radical (unpaired) electrons. The lowest BCUT2D eigenvalue weighted by atomic mass is 10.2. The van der Waals surface area contributed by atoms with E-state index in [4.69, 9.17) is 9.15 Å². The van der Waals surface area contributed by atoms with Gasteiger partial charge in [-0.3, -0.25) is 9.36 Å². The van der Waals surface area contributed by atoms with Gasteiger partial charge in [0.1, 0.15) is 0 Å². The Labute approximate surface area is 167 Å². The molecule has 1 aliphatic heterocycles. The molecule has 0 bridgehead atoms. The number of ether oxygens (including phenoxy) is 1. The van der Waals surface area contributed by atoms with E-state index >= 15 is 0 Å². The lowest BCUT2D eigenvalue weighted by Gasteiger charge is -2.15. The van der Waals surface area contributed by atoms with E-state index in [-0.39, 0.29) is 17.3 Å². The fraction of sp³-hybridized carbons (Fsp3) is 0.350. The molecule has 3 aromatic rings. The fourth-order valence-corrected chi connectivity index (χ4v) is 3.99. The highest BCUT2D eigenvalue weighted by Gasteiger charge is 2.24. The molecule has 0 unspecified atom stereocenters. The molecule has 146 valence electrons. The van der Waals surface area contributed by atoms with Crippen molar-refractivity contribution in [1.29, 1.82) is 0 Å². The highest BCUT2D eigenvalue weighted by molar-refractivity contribution is 8.00. The maximum atomic E-state index is 12.5. The number of hydrogen-bond donors (Lipinski definition) is 1. The van der Waals surface area contributed by atoms with Crippen molar-refractivity contribution in [3.05, 3.63) is 48.7 Å². The number of carbonyl (C=O) groups excluding carboxylic acids is 1. The summed E-state index contributed by atoms with van der Waals surface area (Å²) in [4.78, 5) is 12.5. The van der Waals surface area contributed by atoms with Gasteiger partial charge in [-0.2, -0.15) is 0 Å². The molecular weight excluding hydrogens is 376 g/mol. The molecule has 3 heterocycles. The van der Waals surface area contributed by atoms with Crippen molar-refractivity contribution in [1.82, 2.24) is 20.1 Å². The van der Waals surface area contributed by atoms with E-state index < -0.39 is 0 Å². The van der Waals surface area contributed by atoms with Crippen molar-refractivity contribution in [2.75, 3.05) is 13.2 Å². The van der Waals surface area contributed by atoms with Gasteiger partial charge in [0.25, 0.3) is 0 Å². The van der Waals surface area contributed by atoms with Crippen LogP contribution in [0.1, 0.15) is 19.8 Å². The van der Waals surface area contributed by atoms with E-state index in [0.29, 0.717) is 23.3 Å². The summed E-state index contributed by atoms with van der Waals surface area (Å²) in [6.07, 6.45) is 3.78. The van der Waals surface area contributed by atoms with Gasteiger partial charge in [0, 0.05) is 18.8 Å². The second kappa shape index (κ2) is 8.62. The Morgan fingerprint density at radius 2 is 2.14 bits per heavy atom. The normalized spacial score (nSPS) is 17.5. The summed E-state index contributed by atoms with van der Waals surface area (Å²) in [5.41, 5.74) is 0.911. The average Bonchev–Trinajstić information content (AvgIpc) is 3.47. The third-order valence-electron chi connectivity index (χ3n) is 4.57. The van der Waals surface area contributed by atoms with Crippen molar-refractivity contribution in [2.24, 2.45) is 0 Å². The largest absolute Gasteiger partial charge is 0.461 e. The second-order valence-electron chi connectivity index (χ2n) is 6.59. The quantitative estimate of drug-likeness (QED) is 0.615. The maximum Gasteiger partial charge on any atom is 0.233 e. The lowest BCUT2D eigenvalue weighted by molar-refractivity contribution is -0.120. The Bertz CT molecular complexity index is 905. The zero-order chi connectivity index (χ0) is 19.3. The Morgan fingerprint density at radius 1 is 1.29 bits per heavy atom. The molecule has 7 nitrogen and oxygen atoms in total. The lowest BCUT2D eigenvalue weighted by Crippen LogP contribution is -2.36. The van der Waals surface area contributed by atoms with Crippen LogP contribution >= 0.6 is 11.8 Å². The molecule has 0 spiro atoms. The van der Waals surface area contributed by atoms with Crippen LogP contribution in [0.15, 0.2) is 58.3 Å². The van der Waals surface area contributed by atoms with Crippen LogP contribution in [-0.4, -0.2) is 45.2 Å². The Balaban J connectivity index is 1.53. The maximum absolute atomic E-state index is 12.5. The first kappa shape index (κ1) is 18.8. The van der Waals surface area contributed by atoms with Gasteiger partial charge < -0.3 is 14.5 Å². The van der Waals surface area contributed by atoms with E-state index in [2.05, 4.69) is 15.5 Å². The van der Waals surface area contributed by atoms with E-state index in [9.17, 15) is 4.79 Å². The molecule has 0 aliphatic carbocycles. The zero-order valence-electron chi connectivity index (χ0n) is 15.6. The SMILES string of the molecule is C[C@H](Sc1nnc(-c2ccco2)n1-c1ccccc1)C(=O)NC[C@@H]1CCCO1. The Hall–Kier alpha value is -2.58. The summed E-state index contributed by atoms with van der Waals surface area (Å²) in [7, 11) is 0. The fourth-order valence-electron chi connectivity index (χ4n) is 3.10. The number of furan rings is 1. The van der Waals surface area contributed by atoms with Crippen LogP contribution in [0.25, 0.3) is 17.3 Å². The minimum Gasteiger partial charge on any atom is -0.461 e. The van der Waals surface area contributed by atoms with E-state index in [0.717, 1.165) is 25.1 Å². The third-order valence-corrected chi connectivity index (χ3v) is 5.61. The summed E-state index contributed by atoms with van der Waals surface area (Å²) in [6.45, 7) is 3.19. The first-order valence-corrected chi connectivity index (χ1v) is 10.2. The van der Waals surface area contributed by atoms with Gasteiger partial charge in [0.05, 0.1) is 17.6 Å². The number of amides is 1. The number of rotatable bonds is 7. The monoisotopic (exact) mass is 398 g/mol. The average molecular weight is 398 g/mol. The van der Waals surface area contributed by atoms with E-state index in [1.807, 2.05) is 54.0 Å². The summed E-state index contributed by atoms with van der Waals surface area (Å²) in [5, 5.41) is 11.9. The van der Waals surface area contributed by atoms with Crippen molar-refractivity contribution < 1.29 is 13.9 Å². The second-order valence-corrected chi connectivity index (χ2v) is 7.90. The molecule has 1 saturated heterocycles. The molecule has 0 saturated carbocycles. The first-order chi connectivity index (χ1) is 13.7. The van der Waals surface area contributed by atoms with Crippen molar-refractivity contribution in [3.8, 4) is 17.3 Å². The molecule has 1 N–H and O–H groups in total. The highest BCUT2D eigenvalue weighted by atomic mass is 32.2. The molecule has 1 fully saturated rings. The Morgan fingerprint density at radius 3 is 2.86 bits per heavy atom. The number of hydrogen-bond acceptors (Lipinski definition) is 6. The predicted molar refractivity (Wildman–Crippen MR) is 106 cm³/mol. The number of benzene rings is 1. The topological polar surface area (TPSA) is 82.2 Å². The minimum absolute atomic E-state index is 0.0392. The third kappa shape index (κ3) is 4.13. The van der Waals surface area contributed by atoms with Crippen LogP contribution in [0.3, 0.4) is 0 Å². The molecule has 2 aromatic heterocycles. The summed E-state index contributed by atoms with van der Waals surface area (Å²) >= 11 is 1.37. The van der Waals surface area contributed by atoms with Crippen LogP contribution in [-0.2, 0) is 9.53 Å². The number of nitrogens with one attached hydrogen (secondary N) is 1. The predicted octanol–water partition coefficient (Wildman–Crippen LogP) is 3.30. The van der Waals surface area contributed by atoms with Crippen molar-refractivity contribution >= 4 is 17.7 Å². The molecule has 8 heteroatoms. The highest BCUT2D eigenvalue weighted by Crippen LogP contribution is 2.30.